The quantitative estimate of drug-likeness (QED) is 0.750. The summed E-state index contributed by atoms with van der Waals surface area (Å²) in [7, 11) is 0. The summed E-state index contributed by atoms with van der Waals surface area (Å²) in [5, 5.41) is 8.76. The lowest BCUT2D eigenvalue weighted by molar-refractivity contribution is 0.0748. The minimum atomic E-state index is -0.107. The average Bonchev–Trinajstić information content (AvgIpc) is 2.39. The maximum Gasteiger partial charge on any atom is 0.272 e. The molecule has 0 saturated carbocycles. The van der Waals surface area contributed by atoms with Crippen LogP contribution >= 0.6 is 0 Å². The van der Waals surface area contributed by atoms with E-state index in [1.54, 1.807) is 23.2 Å². The number of pyridine rings is 1. The first-order chi connectivity index (χ1) is 8.22. The molecule has 1 rings (SSSR count). The van der Waals surface area contributed by atoms with Crippen LogP contribution in [0.25, 0.3) is 0 Å². The van der Waals surface area contributed by atoms with Crippen LogP contribution in [-0.4, -0.2) is 40.6 Å². The van der Waals surface area contributed by atoms with Gasteiger partial charge >= 0.3 is 0 Å². The normalized spacial score (nSPS) is 10.3. The van der Waals surface area contributed by atoms with Gasteiger partial charge in [0.1, 0.15) is 5.69 Å². The summed E-state index contributed by atoms with van der Waals surface area (Å²) in [4.78, 5) is 17.8. The first kappa shape index (κ1) is 13.6. The van der Waals surface area contributed by atoms with Crippen LogP contribution in [-0.2, 0) is 6.54 Å². The Balaban J connectivity index is 2.71. The molecule has 0 aliphatic heterocycles. The second-order valence-corrected chi connectivity index (χ2v) is 3.72. The van der Waals surface area contributed by atoms with Crippen molar-refractivity contribution in [1.29, 1.82) is 0 Å². The van der Waals surface area contributed by atoms with Crippen LogP contribution in [0, 0.1) is 0 Å². The second-order valence-electron chi connectivity index (χ2n) is 3.72. The predicted octanol–water partition coefficient (Wildman–Crippen LogP) is 0.385. The van der Waals surface area contributed by atoms with Crippen LogP contribution in [0.15, 0.2) is 18.3 Å². The average molecular weight is 237 g/mol. The van der Waals surface area contributed by atoms with Gasteiger partial charge in [-0.05, 0) is 25.0 Å². The highest BCUT2D eigenvalue weighted by atomic mass is 16.3. The van der Waals surface area contributed by atoms with Gasteiger partial charge in [0, 0.05) is 32.4 Å². The molecule has 0 unspecified atom stereocenters. The van der Waals surface area contributed by atoms with Gasteiger partial charge in [0.2, 0.25) is 0 Å². The van der Waals surface area contributed by atoms with Gasteiger partial charge in [0.25, 0.3) is 5.91 Å². The number of aliphatic hydroxyl groups is 1. The topological polar surface area (TPSA) is 79.5 Å². The molecule has 0 atom stereocenters. The number of nitrogens with zero attached hydrogens (tertiary/aromatic N) is 2. The molecule has 0 saturated heterocycles. The zero-order valence-corrected chi connectivity index (χ0v) is 10.1. The van der Waals surface area contributed by atoms with E-state index in [9.17, 15) is 4.79 Å². The molecule has 1 aromatic heterocycles. The van der Waals surface area contributed by atoms with Gasteiger partial charge in [-0.25, -0.2) is 0 Å². The second kappa shape index (κ2) is 6.98. The lowest BCUT2D eigenvalue weighted by atomic mass is 10.2. The fourth-order valence-corrected chi connectivity index (χ4v) is 1.50. The van der Waals surface area contributed by atoms with E-state index in [1.807, 2.05) is 6.92 Å². The Kier molecular flexibility index (Phi) is 5.59. The van der Waals surface area contributed by atoms with Gasteiger partial charge in [-0.3, -0.25) is 9.78 Å². The number of hydrogen-bond donors (Lipinski definition) is 2. The molecular formula is C12H19N3O2. The molecule has 0 spiro atoms. The van der Waals surface area contributed by atoms with E-state index in [1.165, 1.54) is 0 Å². The van der Waals surface area contributed by atoms with Crippen LogP contribution in [0.4, 0.5) is 0 Å². The zero-order chi connectivity index (χ0) is 12.7. The zero-order valence-electron chi connectivity index (χ0n) is 10.1. The van der Waals surface area contributed by atoms with Crippen LogP contribution < -0.4 is 5.73 Å². The molecule has 1 aromatic rings. The Morgan fingerprint density at radius 3 is 2.76 bits per heavy atom. The molecule has 94 valence electrons. The standard InChI is InChI=1S/C12H19N3O2/c1-2-15(6-3-7-16)12(17)11-5-4-10(8-13)9-14-11/h4-5,9,16H,2-3,6-8,13H2,1H3. The molecule has 0 aliphatic rings. The van der Waals surface area contributed by atoms with Gasteiger partial charge in [-0.2, -0.15) is 0 Å². The van der Waals surface area contributed by atoms with E-state index < -0.39 is 0 Å². The number of carbonyl (C=O) groups excluding carboxylic acids is 1. The van der Waals surface area contributed by atoms with Gasteiger partial charge < -0.3 is 15.7 Å². The number of carbonyl (C=O) groups is 1. The molecule has 5 nitrogen and oxygen atoms in total. The minimum absolute atomic E-state index is 0.0866. The highest BCUT2D eigenvalue weighted by Crippen LogP contribution is 2.04. The number of aliphatic hydroxyl groups excluding tert-OH is 1. The third-order valence-electron chi connectivity index (χ3n) is 2.53. The summed E-state index contributed by atoms with van der Waals surface area (Å²) in [5.74, 6) is -0.107. The van der Waals surface area contributed by atoms with E-state index in [0.29, 0.717) is 31.7 Å². The maximum absolute atomic E-state index is 12.0. The SMILES string of the molecule is CCN(CCCO)C(=O)c1ccc(CN)cn1. The molecule has 1 heterocycles. The number of hydrogen-bond acceptors (Lipinski definition) is 4. The van der Waals surface area contributed by atoms with Gasteiger partial charge in [0.05, 0.1) is 0 Å². The summed E-state index contributed by atoms with van der Waals surface area (Å²) >= 11 is 0. The lowest BCUT2D eigenvalue weighted by Gasteiger charge is -2.19. The Hall–Kier alpha value is -1.46. The monoisotopic (exact) mass is 237 g/mol. The molecule has 0 aliphatic carbocycles. The van der Waals surface area contributed by atoms with E-state index in [-0.39, 0.29) is 12.5 Å². The summed E-state index contributed by atoms with van der Waals surface area (Å²) < 4.78 is 0. The van der Waals surface area contributed by atoms with Crippen molar-refractivity contribution in [2.75, 3.05) is 19.7 Å². The first-order valence-corrected chi connectivity index (χ1v) is 5.78. The fourth-order valence-electron chi connectivity index (χ4n) is 1.50. The van der Waals surface area contributed by atoms with Crippen molar-refractivity contribution in [1.82, 2.24) is 9.88 Å². The van der Waals surface area contributed by atoms with E-state index in [4.69, 9.17) is 10.8 Å². The van der Waals surface area contributed by atoms with Crippen LogP contribution in [0.3, 0.4) is 0 Å². The fraction of sp³-hybridized carbons (Fsp3) is 0.500. The third-order valence-corrected chi connectivity index (χ3v) is 2.53. The molecule has 17 heavy (non-hydrogen) atoms. The number of aromatic nitrogens is 1. The van der Waals surface area contributed by atoms with Crippen molar-refractivity contribution < 1.29 is 9.90 Å². The molecule has 0 bridgehead atoms. The number of rotatable bonds is 6. The van der Waals surface area contributed by atoms with Crippen LogP contribution in [0.2, 0.25) is 0 Å². The molecule has 1 amide bonds. The van der Waals surface area contributed by atoms with Crippen LogP contribution in [0.1, 0.15) is 29.4 Å². The van der Waals surface area contributed by atoms with E-state index in [0.717, 1.165) is 5.56 Å². The van der Waals surface area contributed by atoms with Crippen LogP contribution in [0.5, 0.6) is 0 Å². The summed E-state index contributed by atoms with van der Waals surface area (Å²) in [6.07, 6.45) is 2.20. The Morgan fingerprint density at radius 1 is 1.53 bits per heavy atom. The van der Waals surface area contributed by atoms with Crippen molar-refractivity contribution in [3.05, 3.63) is 29.6 Å². The summed E-state index contributed by atoms with van der Waals surface area (Å²) in [6, 6.07) is 3.49. The Morgan fingerprint density at radius 2 is 2.29 bits per heavy atom. The lowest BCUT2D eigenvalue weighted by Crippen LogP contribution is -2.32. The number of nitrogens with two attached hydrogens (primary N) is 1. The van der Waals surface area contributed by atoms with Crippen molar-refractivity contribution >= 4 is 5.91 Å². The van der Waals surface area contributed by atoms with Gasteiger partial charge in [-0.1, -0.05) is 6.07 Å². The highest BCUT2D eigenvalue weighted by molar-refractivity contribution is 5.92. The van der Waals surface area contributed by atoms with Crippen molar-refractivity contribution in [2.45, 2.75) is 19.9 Å². The first-order valence-electron chi connectivity index (χ1n) is 5.78. The third kappa shape index (κ3) is 3.80. The maximum atomic E-state index is 12.0. The molecule has 0 radical (unpaired) electrons. The summed E-state index contributed by atoms with van der Waals surface area (Å²) in [5.41, 5.74) is 6.79. The van der Waals surface area contributed by atoms with Crippen molar-refractivity contribution in [3.63, 3.8) is 0 Å². The van der Waals surface area contributed by atoms with Crippen molar-refractivity contribution in [2.24, 2.45) is 5.73 Å². The minimum Gasteiger partial charge on any atom is -0.396 e. The Bertz CT molecular complexity index is 351. The molecule has 0 aromatic carbocycles. The number of amides is 1. The molecular weight excluding hydrogens is 218 g/mol. The highest BCUT2D eigenvalue weighted by Gasteiger charge is 2.14. The predicted molar refractivity (Wildman–Crippen MR) is 65.4 cm³/mol. The smallest absolute Gasteiger partial charge is 0.272 e. The van der Waals surface area contributed by atoms with E-state index >= 15 is 0 Å². The molecule has 3 N–H and O–H groups in total. The molecule has 0 fully saturated rings. The van der Waals surface area contributed by atoms with E-state index in [2.05, 4.69) is 4.98 Å². The Labute approximate surface area is 101 Å². The van der Waals surface area contributed by atoms with Gasteiger partial charge in [-0.15, -0.1) is 0 Å². The van der Waals surface area contributed by atoms with Gasteiger partial charge in [0.15, 0.2) is 0 Å². The molecule has 5 heteroatoms. The largest absolute Gasteiger partial charge is 0.396 e. The summed E-state index contributed by atoms with van der Waals surface area (Å²) in [6.45, 7) is 3.57. The van der Waals surface area contributed by atoms with Crippen molar-refractivity contribution in [3.8, 4) is 0 Å².